The first kappa shape index (κ1) is 26.1. The van der Waals surface area contributed by atoms with Gasteiger partial charge in [0.25, 0.3) is 0 Å². The minimum absolute atomic E-state index is 0.000568. The van der Waals surface area contributed by atoms with Crippen LogP contribution in [0.4, 0.5) is 18.9 Å². The van der Waals surface area contributed by atoms with E-state index in [0.717, 1.165) is 0 Å². The van der Waals surface area contributed by atoms with E-state index in [4.69, 9.17) is 25.8 Å². The molecule has 1 aliphatic rings. The monoisotopic (exact) mass is 458 g/mol. The Kier molecular flexibility index (Phi) is 9.38. The molecule has 1 aromatic rings. The molecule has 13 heteroatoms. The van der Waals surface area contributed by atoms with Crippen LogP contribution in [0.1, 0.15) is 24.8 Å². The standard InChI is InChI=1S/C17H20N4O4.C2HF3O2/c1-2-13-12(9-16(24)25-13)21-15(23)8-7-14(22)20-11-5-3-10(4-6-11)17(18)19;3-2(4,5)1(6)7/h2-6,12-13H,1,7-9H2,(H3,18,19)(H,20,22)(H,21,23);(H,6,7)/t12-,13?;/m0./s1. The number of hydrogen-bond acceptors (Lipinski definition) is 6. The molecule has 1 aromatic carbocycles. The first-order valence-corrected chi connectivity index (χ1v) is 8.99. The van der Waals surface area contributed by atoms with E-state index in [0.29, 0.717) is 11.3 Å². The first-order chi connectivity index (χ1) is 14.8. The number of benzene rings is 1. The van der Waals surface area contributed by atoms with E-state index in [9.17, 15) is 27.6 Å². The highest BCUT2D eigenvalue weighted by atomic mass is 19.4. The van der Waals surface area contributed by atoms with E-state index in [1.807, 2.05) is 0 Å². The highest BCUT2D eigenvalue weighted by Crippen LogP contribution is 2.16. The number of anilines is 1. The number of nitrogens with two attached hydrogens (primary N) is 1. The lowest BCUT2D eigenvalue weighted by molar-refractivity contribution is -0.192. The zero-order valence-corrected chi connectivity index (χ0v) is 16.6. The van der Waals surface area contributed by atoms with Crippen LogP contribution < -0.4 is 16.4 Å². The van der Waals surface area contributed by atoms with Gasteiger partial charge >= 0.3 is 18.1 Å². The van der Waals surface area contributed by atoms with Crippen molar-refractivity contribution < 1.29 is 42.2 Å². The van der Waals surface area contributed by atoms with Gasteiger partial charge < -0.3 is 26.2 Å². The Labute approximate surface area is 180 Å². The van der Waals surface area contributed by atoms with Gasteiger partial charge in [0.15, 0.2) is 0 Å². The third kappa shape index (κ3) is 8.85. The fourth-order valence-electron chi connectivity index (χ4n) is 2.39. The van der Waals surface area contributed by atoms with E-state index in [2.05, 4.69) is 17.2 Å². The Morgan fingerprint density at radius 3 is 2.22 bits per heavy atom. The number of hydrogen-bond donors (Lipinski definition) is 5. The highest BCUT2D eigenvalue weighted by molar-refractivity contribution is 5.96. The smallest absolute Gasteiger partial charge is 0.475 e. The summed E-state index contributed by atoms with van der Waals surface area (Å²) in [5.74, 6) is -3.85. The lowest BCUT2D eigenvalue weighted by Gasteiger charge is -2.15. The Morgan fingerprint density at radius 1 is 1.22 bits per heavy atom. The van der Waals surface area contributed by atoms with Crippen LogP contribution >= 0.6 is 0 Å². The molecule has 32 heavy (non-hydrogen) atoms. The maximum absolute atomic E-state index is 11.9. The predicted octanol–water partition coefficient (Wildman–Crippen LogP) is 1.31. The SMILES string of the molecule is C=CC1OC(=O)C[C@@H]1NC(=O)CCC(=O)Nc1ccc(C(=N)N)cc1.O=C(O)C(F)(F)F. The zero-order valence-electron chi connectivity index (χ0n) is 16.6. The van der Waals surface area contributed by atoms with E-state index >= 15 is 0 Å². The number of carbonyl (C=O) groups excluding carboxylic acids is 3. The van der Waals surface area contributed by atoms with Crippen LogP contribution in [0.5, 0.6) is 0 Å². The van der Waals surface area contributed by atoms with Crippen LogP contribution in [0.25, 0.3) is 0 Å². The molecule has 1 heterocycles. The molecule has 1 aliphatic heterocycles. The number of amidine groups is 1. The van der Waals surface area contributed by atoms with E-state index in [1.54, 1.807) is 24.3 Å². The number of aliphatic carboxylic acids is 1. The number of nitrogens with one attached hydrogen (secondary N) is 3. The molecule has 0 aliphatic carbocycles. The Balaban J connectivity index is 0.000000633. The van der Waals surface area contributed by atoms with Gasteiger partial charge in [-0.2, -0.15) is 13.2 Å². The number of carbonyl (C=O) groups is 4. The maximum Gasteiger partial charge on any atom is 0.490 e. The lowest BCUT2D eigenvalue weighted by atomic mass is 10.1. The number of alkyl halides is 3. The number of esters is 1. The lowest BCUT2D eigenvalue weighted by Crippen LogP contribution is -2.39. The summed E-state index contributed by atoms with van der Waals surface area (Å²) in [6, 6.07) is 6.06. The summed E-state index contributed by atoms with van der Waals surface area (Å²) in [6.07, 6.45) is -4.07. The molecule has 10 nitrogen and oxygen atoms in total. The molecule has 1 saturated heterocycles. The van der Waals surface area contributed by atoms with Crippen molar-refractivity contribution in [2.75, 3.05) is 5.32 Å². The third-order valence-corrected chi connectivity index (χ3v) is 3.93. The summed E-state index contributed by atoms with van der Waals surface area (Å²) < 4.78 is 36.7. The molecule has 0 aromatic heterocycles. The number of cyclic esters (lactones) is 1. The average Bonchev–Trinajstić information content (AvgIpc) is 3.05. The van der Waals surface area contributed by atoms with Crippen LogP contribution in [-0.2, 0) is 23.9 Å². The van der Waals surface area contributed by atoms with Gasteiger partial charge in [-0.15, -0.1) is 0 Å². The molecular weight excluding hydrogens is 437 g/mol. The summed E-state index contributed by atoms with van der Waals surface area (Å²) in [5, 5.41) is 19.8. The molecule has 174 valence electrons. The highest BCUT2D eigenvalue weighted by Gasteiger charge is 2.38. The van der Waals surface area contributed by atoms with Gasteiger partial charge in [0.2, 0.25) is 11.8 Å². The summed E-state index contributed by atoms with van der Waals surface area (Å²) in [6.45, 7) is 3.56. The maximum atomic E-state index is 11.9. The van der Waals surface area contributed by atoms with Gasteiger partial charge in [-0.1, -0.05) is 6.58 Å². The minimum Gasteiger partial charge on any atom is -0.475 e. The normalized spacial score (nSPS) is 17.3. The Hall–Kier alpha value is -3.90. The predicted molar refractivity (Wildman–Crippen MR) is 106 cm³/mol. The average molecular weight is 458 g/mol. The van der Waals surface area contributed by atoms with Crippen molar-refractivity contribution in [3.63, 3.8) is 0 Å². The van der Waals surface area contributed by atoms with Crippen molar-refractivity contribution in [2.45, 2.75) is 37.6 Å². The topological polar surface area (TPSA) is 172 Å². The molecule has 6 N–H and O–H groups in total. The molecule has 2 amide bonds. The van der Waals surface area contributed by atoms with Crippen LogP contribution in [0, 0.1) is 5.41 Å². The van der Waals surface area contributed by atoms with Gasteiger partial charge in [0.05, 0.1) is 12.5 Å². The van der Waals surface area contributed by atoms with Crippen LogP contribution in [0.2, 0.25) is 0 Å². The van der Waals surface area contributed by atoms with Crippen molar-refractivity contribution in [1.82, 2.24) is 5.32 Å². The Bertz CT molecular complexity index is 886. The molecular formula is C19H21F3N4O6. The second-order valence-electron chi connectivity index (χ2n) is 6.41. The number of amides is 2. The Morgan fingerprint density at radius 2 is 1.75 bits per heavy atom. The summed E-state index contributed by atoms with van der Waals surface area (Å²) in [5.41, 5.74) is 6.47. The quantitative estimate of drug-likeness (QED) is 0.177. The van der Waals surface area contributed by atoms with E-state index < -0.39 is 24.3 Å². The van der Waals surface area contributed by atoms with Gasteiger partial charge in [0, 0.05) is 24.1 Å². The second kappa shape index (κ2) is 11.5. The van der Waals surface area contributed by atoms with Crippen molar-refractivity contribution in [1.29, 1.82) is 5.41 Å². The zero-order chi connectivity index (χ0) is 24.5. The van der Waals surface area contributed by atoms with E-state index in [-0.39, 0.29) is 42.9 Å². The van der Waals surface area contributed by atoms with Crippen LogP contribution in [-0.4, -0.2) is 53.0 Å². The molecule has 0 spiro atoms. The van der Waals surface area contributed by atoms with Crippen LogP contribution in [0.3, 0.4) is 0 Å². The van der Waals surface area contributed by atoms with E-state index in [1.165, 1.54) is 6.08 Å². The number of ether oxygens (including phenoxy) is 1. The number of rotatable bonds is 7. The van der Waals surface area contributed by atoms with Crippen molar-refractivity contribution >= 4 is 35.3 Å². The molecule has 1 unspecified atom stereocenters. The van der Waals surface area contributed by atoms with Crippen molar-refractivity contribution in [3.05, 3.63) is 42.5 Å². The number of carboxylic acids is 1. The summed E-state index contributed by atoms with van der Waals surface area (Å²) in [4.78, 5) is 43.9. The third-order valence-electron chi connectivity index (χ3n) is 3.93. The molecule has 2 atom stereocenters. The molecule has 1 fully saturated rings. The summed E-state index contributed by atoms with van der Waals surface area (Å²) in [7, 11) is 0. The van der Waals surface area contributed by atoms with Crippen LogP contribution in [0.15, 0.2) is 36.9 Å². The molecule has 2 rings (SSSR count). The van der Waals surface area contributed by atoms with Crippen molar-refractivity contribution in [2.24, 2.45) is 5.73 Å². The summed E-state index contributed by atoms with van der Waals surface area (Å²) >= 11 is 0. The second-order valence-corrected chi connectivity index (χ2v) is 6.41. The number of halogens is 3. The van der Waals surface area contributed by atoms with Gasteiger partial charge in [-0.25, -0.2) is 4.79 Å². The number of nitrogen functional groups attached to an aromatic ring is 1. The molecule has 0 bridgehead atoms. The van der Waals surface area contributed by atoms with Gasteiger partial charge in [-0.05, 0) is 30.3 Å². The van der Waals surface area contributed by atoms with Gasteiger partial charge in [-0.3, -0.25) is 19.8 Å². The molecule has 0 saturated carbocycles. The van der Waals surface area contributed by atoms with Crippen molar-refractivity contribution in [3.8, 4) is 0 Å². The fraction of sp³-hybridized carbons (Fsp3) is 0.316. The largest absolute Gasteiger partial charge is 0.490 e. The minimum atomic E-state index is -5.08. The first-order valence-electron chi connectivity index (χ1n) is 8.99. The van der Waals surface area contributed by atoms with Gasteiger partial charge in [0.1, 0.15) is 11.9 Å². The fourth-order valence-corrected chi connectivity index (χ4v) is 2.39. The molecule has 0 radical (unpaired) electrons. The number of carboxylic acid groups (broad SMARTS) is 1.